The Kier molecular flexibility index (Phi) is 4.78. The third-order valence-electron chi connectivity index (χ3n) is 4.42. The summed E-state index contributed by atoms with van der Waals surface area (Å²) in [4.78, 5) is 22.5. The highest BCUT2D eigenvalue weighted by molar-refractivity contribution is 5.79. The molecule has 8 heteroatoms. The Labute approximate surface area is 155 Å². The van der Waals surface area contributed by atoms with E-state index < -0.39 is 0 Å². The number of aromatic amines is 1. The molecule has 3 aromatic rings. The first-order valence-electron chi connectivity index (χ1n) is 8.63. The van der Waals surface area contributed by atoms with Crippen molar-refractivity contribution in [2.24, 2.45) is 0 Å². The number of nitrogens with one attached hydrogen (secondary N) is 1. The molecule has 2 aromatic heterocycles. The molecular weight excluding hydrogens is 349 g/mol. The number of likely N-dealkylation sites (tertiary alicyclic amines) is 1. The van der Waals surface area contributed by atoms with E-state index >= 15 is 0 Å². The highest BCUT2D eigenvalue weighted by atomic mass is 19.1. The summed E-state index contributed by atoms with van der Waals surface area (Å²) in [6.45, 7) is 1.28. The number of hydrogen-bond donors (Lipinski definition) is 1. The zero-order valence-electron chi connectivity index (χ0n) is 14.5. The first-order valence-corrected chi connectivity index (χ1v) is 8.63. The van der Waals surface area contributed by atoms with Crippen LogP contribution in [0.25, 0.3) is 0 Å². The highest BCUT2D eigenvalue weighted by Crippen LogP contribution is 2.27. The third kappa shape index (κ3) is 4.11. The van der Waals surface area contributed by atoms with Crippen LogP contribution in [0.2, 0.25) is 0 Å². The monoisotopic (exact) mass is 367 g/mol. The van der Waals surface area contributed by atoms with Crippen molar-refractivity contribution in [1.82, 2.24) is 25.1 Å². The predicted molar refractivity (Wildman–Crippen MR) is 94.1 cm³/mol. The van der Waals surface area contributed by atoms with Gasteiger partial charge < -0.3 is 9.64 Å². The average molecular weight is 367 g/mol. The fourth-order valence-corrected chi connectivity index (χ4v) is 3.07. The number of hydrogen-bond acceptors (Lipinski definition) is 5. The molecule has 1 N–H and O–H groups in total. The number of H-pyrrole nitrogens is 1. The molecule has 1 aliphatic heterocycles. The predicted octanol–water partition coefficient (Wildman–Crippen LogP) is 2.43. The number of amides is 1. The van der Waals surface area contributed by atoms with E-state index in [1.54, 1.807) is 29.4 Å². The van der Waals surface area contributed by atoms with E-state index in [0.29, 0.717) is 36.9 Å². The maximum Gasteiger partial charge on any atom is 0.223 e. The number of benzene rings is 1. The number of rotatable bonds is 6. The summed E-state index contributed by atoms with van der Waals surface area (Å²) in [5.74, 6) is 1.22. The molecule has 0 saturated carbocycles. The smallest absolute Gasteiger partial charge is 0.223 e. The molecule has 1 aliphatic rings. The van der Waals surface area contributed by atoms with Crippen LogP contribution in [-0.2, 0) is 17.9 Å². The summed E-state index contributed by atoms with van der Waals surface area (Å²) in [5, 5.41) is 7.05. The molecule has 0 unspecified atom stereocenters. The fourth-order valence-electron chi connectivity index (χ4n) is 3.07. The lowest BCUT2D eigenvalue weighted by Gasteiger charge is -2.15. The molecule has 0 aliphatic carbocycles. The quantitative estimate of drug-likeness (QED) is 0.723. The van der Waals surface area contributed by atoms with Crippen LogP contribution in [0.3, 0.4) is 0 Å². The van der Waals surface area contributed by atoms with Gasteiger partial charge in [0, 0.05) is 43.9 Å². The van der Waals surface area contributed by atoms with Gasteiger partial charge in [-0.3, -0.25) is 14.9 Å². The second kappa shape index (κ2) is 7.53. The van der Waals surface area contributed by atoms with E-state index in [-0.39, 0.29) is 24.2 Å². The van der Waals surface area contributed by atoms with E-state index in [0.717, 1.165) is 5.56 Å². The van der Waals surface area contributed by atoms with Gasteiger partial charge in [-0.15, -0.1) is 0 Å². The molecule has 4 rings (SSSR count). The van der Waals surface area contributed by atoms with Gasteiger partial charge in [-0.1, -0.05) is 6.07 Å². The van der Waals surface area contributed by atoms with Crippen LogP contribution >= 0.6 is 0 Å². The van der Waals surface area contributed by atoms with Crippen molar-refractivity contribution >= 4 is 5.91 Å². The molecule has 7 nitrogen and oxygen atoms in total. The minimum atomic E-state index is -0.357. The number of carbonyl (C=O) groups excluding carboxylic acids is 1. The van der Waals surface area contributed by atoms with Crippen molar-refractivity contribution in [1.29, 1.82) is 0 Å². The van der Waals surface area contributed by atoms with Gasteiger partial charge in [-0.05, 0) is 29.8 Å². The summed E-state index contributed by atoms with van der Waals surface area (Å²) in [6, 6.07) is 9.72. The van der Waals surface area contributed by atoms with Crippen LogP contribution in [-0.4, -0.2) is 37.5 Å². The number of halogens is 1. The number of ether oxygens (including phenoxy) is 1. The van der Waals surface area contributed by atoms with Gasteiger partial charge in [0.15, 0.2) is 11.6 Å². The lowest BCUT2D eigenvalue weighted by atomic mass is 10.1. The Morgan fingerprint density at radius 2 is 2.11 bits per heavy atom. The van der Waals surface area contributed by atoms with Gasteiger partial charge in [0.1, 0.15) is 18.2 Å². The molecule has 1 saturated heterocycles. The first kappa shape index (κ1) is 17.1. The Bertz CT molecular complexity index is 931. The second-order valence-electron chi connectivity index (χ2n) is 6.42. The zero-order chi connectivity index (χ0) is 18.6. The largest absolute Gasteiger partial charge is 0.486 e. The molecule has 0 bridgehead atoms. The molecule has 1 amide bonds. The Morgan fingerprint density at radius 1 is 1.26 bits per heavy atom. The second-order valence-corrected chi connectivity index (χ2v) is 6.42. The van der Waals surface area contributed by atoms with E-state index in [9.17, 15) is 9.18 Å². The zero-order valence-corrected chi connectivity index (χ0v) is 14.5. The standard InChI is InChI=1S/C19H18FN5O2/c20-15-2-1-3-16(9-15)27-12-17-22-19(24-23-17)14-8-18(26)25(11-14)10-13-4-6-21-7-5-13/h1-7,9,14H,8,10-12H2,(H,22,23,24)/t14-/m0/s1. The minimum absolute atomic E-state index is 0.0569. The molecule has 138 valence electrons. The number of carbonyl (C=O) groups is 1. The SMILES string of the molecule is O=C1C[C@H](c2n[nH]c(COc3cccc(F)c3)n2)CN1Cc1ccncc1. The topological polar surface area (TPSA) is 84.0 Å². The van der Waals surface area contributed by atoms with Crippen LogP contribution in [0.4, 0.5) is 4.39 Å². The van der Waals surface area contributed by atoms with Crippen molar-refractivity contribution in [3.05, 3.63) is 71.8 Å². The van der Waals surface area contributed by atoms with Crippen molar-refractivity contribution in [2.45, 2.75) is 25.5 Å². The maximum absolute atomic E-state index is 13.2. The Morgan fingerprint density at radius 3 is 2.93 bits per heavy atom. The fraction of sp³-hybridized carbons (Fsp3) is 0.263. The van der Waals surface area contributed by atoms with Gasteiger partial charge in [-0.2, -0.15) is 5.10 Å². The van der Waals surface area contributed by atoms with Gasteiger partial charge >= 0.3 is 0 Å². The van der Waals surface area contributed by atoms with Crippen molar-refractivity contribution < 1.29 is 13.9 Å². The number of pyridine rings is 1. The van der Waals surface area contributed by atoms with Gasteiger partial charge in [0.25, 0.3) is 0 Å². The lowest BCUT2D eigenvalue weighted by Crippen LogP contribution is -2.24. The van der Waals surface area contributed by atoms with Crippen molar-refractivity contribution in [3.8, 4) is 5.75 Å². The summed E-state index contributed by atoms with van der Waals surface area (Å²) in [7, 11) is 0. The molecule has 1 atom stereocenters. The lowest BCUT2D eigenvalue weighted by molar-refractivity contribution is -0.128. The Balaban J connectivity index is 1.36. The normalized spacial score (nSPS) is 16.7. The van der Waals surface area contributed by atoms with Crippen LogP contribution < -0.4 is 4.74 Å². The summed E-state index contributed by atoms with van der Waals surface area (Å²) >= 11 is 0. The van der Waals surface area contributed by atoms with E-state index in [1.165, 1.54) is 12.1 Å². The highest BCUT2D eigenvalue weighted by Gasteiger charge is 2.33. The molecule has 27 heavy (non-hydrogen) atoms. The molecule has 3 heterocycles. The van der Waals surface area contributed by atoms with Crippen LogP contribution in [0.5, 0.6) is 5.75 Å². The van der Waals surface area contributed by atoms with Crippen LogP contribution in [0, 0.1) is 5.82 Å². The first-order chi connectivity index (χ1) is 13.2. The van der Waals surface area contributed by atoms with Crippen molar-refractivity contribution in [2.75, 3.05) is 6.54 Å². The number of aromatic nitrogens is 4. The van der Waals surface area contributed by atoms with Gasteiger partial charge in [0.05, 0.1) is 0 Å². The van der Waals surface area contributed by atoms with Crippen molar-refractivity contribution in [3.63, 3.8) is 0 Å². The average Bonchev–Trinajstić information content (AvgIpc) is 3.28. The van der Waals surface area contributed by atoms with E-state index in [2.05, 4.69) is 20.2 Å². The molecule has 1 aromatic carbocycles. The van der Waals surface area contributed by atoms with Crippen LogP contribution in [0.1, 0.15) is 29.6 Å². The maximum atomic E-state index is 13.2. The van der Waals surface area contributed by atoms with E-state index in [1.807, 2.05) is 12.1 Å². The number of nitrogens with zero attached hydrogens (tertiary/aromatic N) is 4. The Hall–Kier alpha value is -3.29. The van der Waals surface area contributed by atoms with Gasteiger partial charge in [-0.25, -0.2) is 9.37 Å². The molecular formula is C19H18FN5O2. The summed E-state index contributed by atoms with van der Waals surface area (Å²) in [5.41, 5.74) is 1.04. The minimum Gasteiger partial charge on any atom is -0.486 e. The van der Waals surface area contributed by atoms with Crippen LogP contribution in [0.15, 0.2) is 48.8 Å². The van der Waals surface area contributed by atoms with Gasteiger partial charge in [0.2, 0.25) is 5.91 Å². The molecule has 0 radical (unpaired) electrons. The summed E-state index contributed by atoms with van der Waals surface area (Å²) < 4.78 is 18.7. The molecule has 1 fully saturated rings. The summed E-state index contributed by atoms with van der Waals surface area (Å²) in [6.07, 6.45) is 3.81. The third-order valence-corrected chi connectivity index (χ3v) is 4.42. The van der Waals surface area contributed by atoms with E-state index in [4.69, 9.17) is 4.74 Å². The molecule has 0 spiro atoms.